The second-order valence-electron chi connectivity index (χ2n) is 7.96. The molecule has 0 N–H and O–H groups in total. The molecule has 0 spiro atoms. The van der Waals surface area contributed by atoms with E-state index >= 15 is 0 Å². The molecule has 8 nitrogen and oxygen atoms in total. The maximum absolute atomic E-state index is 13.1. The molecular weight excluding hydrogens is 435 g/mol. The number of amides is 2. The number of hydrogen-bond acceptors (Lipinski definition) is 5. The summed E-state index contributed by atoms with van der Waals surface area (Å²) in [5, 5.41) is 0. The number of carbonyl (C=O) groups is 2. The zero-order valence-corrected chi connectivity index (χ0v) is 20.1. The summed E-state index contributed by atoms with van der Waals surface area (Å²) in [5.74, 6) is -0.389. The number of benzene rings is 1. The lowest BCUT2D eigenvalue weighted by molar-refractivity contribution is -0.132. The van der Waals surface area contributed by atoms with Crippen molar-refractivity contribution < 1.29 is 22.4 Å². The van der Waals surface area contributed by atoms with Crippen LogP contribution in [0.3, 0.4) is 0 Å². The van der Waals surface area contributed by atoms with E-state index in [1.165, 1.54) is 23.5 Å². The Balaban J connectivity index is 1.79. The minimum atomic E-state index is -3.72. The van der Waals surface area contributed by atoms with Crippen molar-refractivity contribution in [1.29, 1.82) is 0 Å². The third-order valence-electron chi connectivity index (χ3n) is 5.80. The van der Waals surface area contributed by atoms with Crippen LogP contribution in [0.2, 0.25) is 0 Å². The Kier molecular flexibility index (Phi) is 10.0. The summed E-state index contributed by atoms with van der Waals surface area (Å²) in [6.45, 7) is 8.51. The Morgan fingerprint density at radius 2 is 1.69 bits per heavy atom. The summed E-state index contributed by atoms with van der Waals surface area (Å²) in [4.78, 5) is 30.7. The van der Waals surface area contributed by atoms with Crippen LogP contribution in [0.5, 0.6) is 0 Å². The molecule has 1 aliphatic heterocycles. The van der Waals surface area contributed by atoms with E-state index in [-0.39, 0.29) is 29.7 Å². The minimum absolute atomic E-state index is 0.00509. The second-order valence-corrected chi connectivity index (χ2v) is 10.0. The first-order valence-electron chi connectivity index (χ1n) is 11.2. The molecule has 1 fully saturated rings. The fourth-order valence-corrected chi connectivity index (χ4v) is 4.97. The topological polar surface area (TPSA) is 81.2 Å². The van der Waals surface area contributed by atoms with Gasteiger partial charge in [0.1, 0.15) is 5.82 Å². The van der Waals surface area contributed by atoms with E-state index in [2.05, 4.69) is 4.90 Å². The molecule has 0 aliphatic carbocycles. The summed E-state index contributed by atoms with van der Waals surface area (Å²) < 4.78 is 39.4. The van der Waals surface area contributed by atoms with Gasteiger partial charge in [0.05, 0.1) is 11.4 Å². The highest BCUT2D eigenvalue weighted by Gasteiger charge is 2.23. The molecule has 1 aromatic carbocycles. The summed E-state index contributed by atoms with van der Waals surface area (Å²) in [7, 11) is -2.26. The highest BCUT2D eigenvalue weighted by molar-refractivity contribution is 7.89. The Morgan fingerprint density at radius 1 is 1.03 bits per heavy atom. The number of hydrogen-bond donors (Lipinski definition) is 0. The van der Waals surface area contributed by atoms with Gasteiger partial charge in [0.15, 0.2) is 0 Å². The lowest BCUT2D eigenvalue weighted by Crippen LogP contribution is -2.42. The van der Waals surface area contributed by atoms with Crippen molar-refractivity contribution in [3.05, 3.63) is 30.1 Å². The van der Waals surface area contributed by atoms with Gasteiger partial charge in [0.25, 0.3) is 0 Å². The summed E-state index contributed by atoms with van der Waals surface area (Å²) in [6.07, 6.45) is 1.45. The highest BCUT2D eigenvalue weighted by atomic mass is 32.2. The molecule has 2 amide bonds. The van der Waals surface area contributed by atoms with E-state index in [1.807, 2.05) is 18.7 Å². The van der Waals surface area contributed by atoms with Gasteiger partial charge in [-0.25, -0.2) is 17.1 Å². The van der Waals surface area contributed by atoms with Crippen LogP contribution in [-0.4, -0.2) is 98.6 Å². The molecule has 0 saturated carbocycles. The van der Waals surface area contributed by atoms with Crippen molar-refractivity contribution >= 4 is 21.8 Å². The molecule has 0 aromatic heterocycles. The average molecular weight is 471 g/mol. The molecule has 0 atom stereocenters. The first-order valence-corrected chi connectivity index (χ1v) is 12.6. The molecule has 1 aliphatic rings. The monoisotopic (exact) mass is 470 g/mol. The van der Waals surface area contributed by atoms with E-state index in [1.54, 1.807) is 4.90 Å². The smallest absolute Gasteiger partial charge is 0.242 e. The molecule has 2 rings (SSSR count). The third-order valence-corrected chi connectivity index (χ3v) is 7.67. The highest BCUT2D eigenvalue weighted by Crippen LogP contribution is 2.16. The zero-order chi connectivity index (χ0) is 23.7. The maximum Gasteiger partial charge on any atom is 0.242 e. The zero-order valence-electron chi connectivity index (χ0n) is 19.3. The van der Waals surface area contributed by atoms with Gasteiger partial charge in [-0.3, -0.25) is 14.5 Å². The van der Waals surface area contributed by atoms with Crippen molar-refractivity contribution in [2.75, 3.05) is 59.4 Å². The lowest BCUT2D eigenvalue weighted by atomic mass is 10.2. The Bertz CT molecular complexity index is 859. The molecule has 0 unspecified atom stereocenters. The van der Waals surface area contributed by atoms with Gasteiger partial charge >= 0.3 is 0 Å². The number of likely N-dealkylation sites (N-methyl/N-ethyl adjacent to an activating group) is 1. The van der Waals surface area contributed by atoms with Crippen LogP contribution < -0.4 is 0 Å². The average Bonchev–Trinajstić information content (AvgIpc) is 3.00. The van der Waals surface area contributed by atoms with E-state index in [9.17, 15) is 22.4 Å². The largest absolute Gasteiger partial charge is 0.342 e. The van der Waals surface area contributed by atoms with Crippen LogP contribution in [0.15, 0.2) is 29.2 Å². The predicted octanol–water partition coefficient (Wildman–Crippen LogP) is 1.63. The van der Waals surface area contributed by atoms with Crippen molar-refractivity contribution in [3.63, 3.8) is 0 Å². The fraction of sp³-hybridized carbons (Fsp3) is 0.636. The van der Waals surface area contributed by atoms with Crippen molar-refractivity contribution in [3.8, 4) is 0 Å². The quantitative estimate of drug-likeness (QED) is 0.519. The molecule has 10 heteroatoms. The number of rotatable bonds is 10. The van der Waals surface area contributed by atoms with E-state index in [0.29, 0.717) is 45.7 Å². The predicted molar refractivity (Wildman–Crippen MR) is 121 cm³/mol. The van der Waals surface area contributed by atoms with E-state index in [4.69, 9.17) is 0 Å². The van der Waals surface area contributed by atoms with Gasteiger partial charge in [0.2, 0.25) is 21.8 Å². The Labute approximate surface area is 191 Å². The molecule has 0 bridgehead atoms. The number of sulfonamides is 1. The maximum atomic E-state index is 13.1. The van der Waals surface area contributed by atoms with Crippen molar-refractivity contribution in [2.45, 2.75) is 38.0 Å². The first kappa shape index (κ1) is 26.2. The SMILES string of the molecule is CCN(CC)C(=O)CN1CCCN(C(=O)CCCN(C)S(=O)(=O)c2ccc(F)cc2)CC1. The van der Waals surface area contributed by atoms with Crippen molar-refractivity contribution in [2.24, 2.45) is 0 Å². The van der Waals surface area contributed by atoms with Gasteiger partial charge < -0.3 is 9.80 Å². The lowest BCUT2D eigenvalue weighted by Gasteiger charge is -2.25. The molecule has 1 saturated heterocycles. The molecule has 0 radical (unpaired) electrons. The molecular formula is C22H35FN4O4S. The van der Waals surface area contributed by atoms with Gasteiger partial charge in [0, 0.05) is 59.3 Å². The third kappa shape index (κ3) is 7.25. The van der Waals surface area contributed by atoms with Crippen LogP contribution in [0.25, 0.3) is 0 Å². The molecule has 1 heterocycles. The van der Waals surface area contributed by atoms with Crippen LogP contribution in [0, 0.1) is 5.82 Å². The fourth-order valence-electron chi connectivity index (χ4n) is 3.76. The van der Waals surface area contributed by atoms with Crippen molar-refractivity contribution in [1.82, 2.24) is 19.0 Å². The standard InChI is InChI=1S/C22H35FN4O4S/c1-4-26(5-2)22(29)18-25-14-7-15-27(17-16-25)21(28)8-6-13-24(3)32(30,31)20-11-9-19(23)10-12-20/h9-12H,4-8,13-18H2,1-3H3. The van der Waals surface area contributed by atoms with E-state index < -0.39 is 15.8 Å². The first-order chi connectivity index (χ1) is 15.2. The molecule has 1 aromatic rings. The molecule has 180 valence electrons. The number of carbonyl (C=O) groups excluding carboxylic acids is 2. The van der Waals surface area contributed by atoms with E-state index in [0.717, 1.165) is 25.1 Å². The summed E-state index contributed by atoms with van der Waals surface area (Å²) >= 11 is 0. The minimum Gasteiger partial charge on any atom is -0.342 e. The number of halogens is 1. The number of nitrogens with zero attached hydrogens (tertiary/aromatic N) is 4. The normalized spacial score (nSPS) is 15.6. The van der Waals surface area contributed by atoms with Crippen LogP contribution in [0.1, 0.15) is 33.1 Å². The second kappa shape index (κ2) is 12.3. The molecule has 32 heavy (non-hydrogen) atoms. The Morgan fingerprint density at radius 3 is 2.31 bits per heavy atom. The van der Waals surface area contributed by atoms with Gasteiger partial charge in [-0.15, -0.1) is 0 Å². The van der Waals surface area contributed by atoms with Gasteiger partial charge in [-0.2, -0.15) is 0 Å². The van der Waals surface area contributed by atoms with Gasteiger partial charge in [-0.1, -0.05) is 0 Å². The summed E-state index contributed by atoms with van der Waals surface area (Å²) in [5.41, 5.74) is 0. The van der Waals surface area contributed by atoms with Crippen LogP contribution in [-0.2, 0) is 19.6 Å². The Hall–Kier alpha value is -2.04. The van der Waals surface area contributed by atoms with Crippen LogP contribution >= 0.6 is 0 Å². The van der Waals surface area contributed by atoms with Gasteiger partial charge in [-0.05, 0) is 51.0 Å². The summed E-state index contributed by atoms with van der Waals surface area (Å²) in [6, 6.07) is 4.70. The van der Waals surface area contributed by atoms with Crippen LogP contribution in [0.4, 0.5) is 4.39 Å².